The summed E-state index contributed by atoms with van der Waals surface area (Å²) >= 11 is 0. The van der Waals surface area contributed by atoms with Crippen molar-refractivity contribution in [3.63, 3.8) is 0 Å². The van der Waals surface area contributed by atoms with E-state index >= 15 is 0 Å². The first-order valence-corrected chi connectivity index (χ1v) is 7.41. The normalized spacial score (nSPS) is 28.0. The zero-order valence-corrected chi connectivity index (χ0v) is 12.8. The third-order valence-corrected chi connectivity index (χ3v) is 4.81. The molecule has 0 spiro atoms. The van der Waals surface area contributed by atoms with Crippen LogP contribution in [0.3, 0.4) is 0 Å². The Morgan fingerprint density at radius 3 is 2.55 bits per heavy atom. The Kier molecular flexibility index (Phi) is 3.39. The molecule has 5 heteroatoms. The van der Waals surface area contributed by atoms with Gasteiger partial charge in [0.25, 0.3) is 0 Å². The summed E-state index contributed by atoms with van der Waals surface area (Å²) in [5.41, 5.74) is 1.62. The number of aromatic nitrogens is 1. The average molecular weight is 274 g/mol. The molecule has 0 saturated carbocycles. The minimum Gasteiger partial charge on any atom is -0.399 e. The van der Waals surface area contributed by atoms with E-state index in [1.54, 1.807) is 0 Å². The van der Waals surface area contributed by atoms with E-state index in [2.05, 4.69) is 44.1 Å². The van der Waals surface area contributed by atoms with E-state index in [1.165, 1.54) is 0 Å². The van der Waals surface area contributed by atoms with E-state index in [0.717, 1.165) is 30.7 Å². The highest BCUT2D eigenvalue weighted by atomic mass is 16.7. The zero-order valence-electron chi connectivity index (χ0n) is 12.8. The average Bonchev–Trinajstić information content (AvgIpc) is 2.97. The second-order valence-corrected chi connectivity index (χ2v) is 6.79. The van der Waals surface area contributed by atoms with Crippen LogP contribution in [0, 0.1) is 0 Å². The molecule has 3 rings (SSSR count). The SMILES string of the molecule is CC1(C)OB(c2ccnc([C@@H]3CCNC3)c2)OC1(C)C. The van der Waals surface area contributed by atoms with Gasteiger partial charge in [0.2, 0.25) is 0 Å². The highest BCUT2D eigenvalue weighted by molar-refractivity contribution is 6.62. The van der Waals surface area contributed by atoms with Crippen LogP contribution in [-0.2, 0) is 9.31 Å². The van der Waals surface area contributed by atoms with Crippen LogP contribution in [-0.4, -0.2) is 36.4 Å². The molecule has 2 aliphatic rings. The van der Waals surface area contributed by atoms with E-state index in [9.17, 15) is 0 Å². The van der Waals surface area contributed by atoms with Crippen molar-refractivity contribution in [2.75, 3.05) is 13.1 Å². The zero-order chi connectivity index (χ0) is 14.4. The molecule has 4 nitrogen and oxygen atoms in total. The number of nitrogens with zero attached hydrogens (tertiary/aromatic N) is 1. The highest BCUT2D eigenvalue weighted by Gasteiger charge is 2.51. The Hall–Kier alpha value is -0.905. The molecule has 0 aromatic carbocycles. The molecule has 1 aromatic heterocycles. The van der Waals surface area contributed by atoms with E-state index in [0.29, 0.717) is 5.92 Å². The molecule has 0 aliphatic carbocycles. The van der Waals surface area contributed by atoms with Gasteiger partial charge in [-0.15, -0.1) is 0 Å². The monoisotopic (exact) mass is 274 g/mol. The molecule has 108 valence electrons. The van der Waals surface area contributed by atoms with Crippen LogP contribution in [0.4, 0.5) is 0 Å². The largest absolute Gasteiger partial charge is 0.494 e. The fourth-order valence-corrected chi connectivity index (χ4v) is 2.72. The standard InChI is InChI=1S/C15H23BN2O2/c1-14(2)15(3,4)20-16(19-14)12-6-8-18-13(9-12)11-5-7-17-10-11/h6,8-9,11,17H,5,7,10H2,1-4H3/t11-/m1/s1. The van der Waals surface area contributed by atoms with Gasteiger partial charge < -0.3 is 14.6 Å². The Bertz CT molecular complexity index is 482. The van der Waals surface area contributed by atoms with Crippen LogP contribution < -0.4 is 10.8 Å². The number of rotatable bonds is 2. The van der Waals surface area contributed by atoms with Crippen molar-refractivity contribution in [3.05, 3.63) is 24.0 Å². The minimum atomic E-state index is -0.296. The van der Waals surface area contributed by atoms with Crippen LogP contribution >= 0.6 is 0 Å². The molecule has 2 fully saturated rings. The van der Waals surface area contributed by atoms with Crippen molar-refractivity contribution in [1.29, 1.82) is 0 Å². The van der Waals surface area contributed by atoms with E-state index < -0.39 is 0 Å². The van der Waals surface area contributed by atoms with Gasteiger partial charge >= 0.3 is 7.12 Å². The lowest BCUT2D eigenvalue weighted by Crippen LogP contribution is -2.41. The van der Waals surface area contributed by atoms with Crippen molar-refractivity contribution in [1.82, 2.24) is 10.3 Å². The Morgan fingerprint density at radius 1 is 1.25 bits per heavy atom. The van der Waals surface area contributed by atoms with Gasteiger partial charge in [0, 0.05) is 24.4 Å². The molecular weight excluding hydrogens is 251 g/mol. The molecule has 1 N–H and O–H groups in total. The lowest BCUT2D eigenvalue weighted by Gasteiger charge is -2.32. The van der Waals surface area contributed by atoms with Crippen LogP contribution in [0.25, 0.3) is 0 Å². The molecule has 2 saturated heterocycles. The number of nitrogens with one attached hydrogen (secondary N) is 1. The molecule has 1 aromatic rings. The summed E-state index contributed by atoms with van der Waals surface area (Å²) in [4.78, 5) is 4.51. The summed E-state index contributed by atoms with van der Waals surface area (Å²) in [5.74, 6) is 0.511. The first-order chi connectivity index (χ1) is 9.39. The van der Waals surface area contributed by atoms with E-state index in [-0.39, 0.29) is 18.3 Å². The van der Waals surface area contributed by atoms with Crippen LogP contribution in [0.2, 0.25) is 0 Å². The van der Waals surface area contributed by atoms with Gasteiger partial charge in [0.1, 0.15) is 0 Å². The fraction of sp³-hybridized carbons (Fsp3) is 0.667. The van der Waals surface area contributed by atoms with Crippen LogP contribution in [0.5, 0.6) is 0 Å². The van der Waals surface area contributed by atoms with Gasteiger partial charge in [-0.1, -0.05) is 0 Å². The number of pyridine rings is 1. The molecule has 1 atom stereocenters. The first-order valence-electron chi connectivity index (χ1n) is 7.41. The number of hydrogen-bond acceptors (Lipinski definition) is 4. The van der Waals surface area contributed by atoms with Crippen LogP contribution in [0.15, 0.2) is 18.3 Å². The van der Waals surface area contributed by atoms with Crippen molar-refractivity contribution < 1.29 is 9.31 Å². The Morgan fingerprint density at radius 2 is 1.95 bits per heavy atom. The van der Waals surface area contributed by atoms with Gasteiger partial charge in [0.15, 0.2) is 0 Å². The molecule has 0 radical (unpaired) electrons. The lowest BCUT2D eigenvalue weighted by atomic mass is 9.78. The number of hydrogen-bond donors (Lipinski definition) is 1. The highest BCUT2D eigenvalue weighted by Crippen LogP contribution is 2.36. The molecular formula is C15H23BN2O2. The summed E-state index contributed by atoms with van der Waals surface area (Å²) in [6, 6.07) is 4.13. The predicted molar refractivity (Wildman–Crippen MR) is 80.2 cm³/mol. The maximum atomic E-state index is 6.10. The summed E-state index contributed by atoms with van der Waals surface area (Å²) in [5, 5.41) is 3.38. The molecule has 2 aliphatic heterocycles. The third-order valence-electron chi connectivity index (χ3n) is 4.81. The van der Waals surface area contributed by atoms with Crippen molar-refractivity contribution in [2.45, 2.75) is 51.2 Å². The smallest absolute Gasteiger partial charge is 0.399 e. The summed E-state index contributed by atoms with van der Waals surface area (Å²) < 4.78 is 12.2. The summed E-state index contributed by atoms with van der Waals surface area (Å²) in [6.45, 7) is 10.4. The van der Waals surface area contributed by atoms with Gasteiger partial charge in [0.05, 0.1) is 11.2 Å². The molecule has 0 amide bonds. The van der Waals surface area contributed by atoms with E-state index in [4.69, 9.17) is 9.31 Å². The van der Waals surface area contributed by atoms with Crippen molar-refractivity contribution in [3.8, 4) is 0 Å². The van der Waals surface area contributed by atoms with Gasteiger partial charge in [-0.25, -0.2) is 0 Å². The van der Waals surface area contributed by atoms with Gasteiger partial charge in [-0.2, -0.15) is 0 Å². The van der Waals surface area contributed by atoms with Gasteiger partial charge in [-0.3, -0.25) is 4.98 Å². The third kappa shape index (κ3) is 2.38. The fourth-order valence-electron chi connectivity index (χ4n) is 2.72. The maximum Gasteiger partial charge on any atom is 0.494 e. The summed E-state index contributed by atoms with van der Waals surface area (Å²) in [7, 11) is -0.295. The lowest BCUT2D eigenvalue weighted by molar-refractivity contribution is 0.00578. The molecule has 3 heterocycles. The molecule has 0 unspecified atom stereocenters. The van der Waals surface area contributed by atoms with Crippen molar-refractivity contribution in [2.24, 2.45) is 0 Å². The topological polar surface area (TPSA) is 43.4 Å². The van der Waals surface area contributed by atoms with Crippen LogP contribution in [0.1, 0.15) is 45.7 Å². The minimum absolute atomic E-state index is 0.295. The quantitative estimate of drug-likeness (QED) is 0.829. The Labute approximate surface area is 121 Å². The van der Waals surface area contributed by atoms with Gasteiger partial charge in [-0.05, 0) is 58.3 Å². The maximum absolute atomic E-state index is 6.10. The molecule has 20 heavy (non-hydrogen) atoms. The summed E-state index contributed by atoms with van der Waals surface area (Å²) in [6.07, 6.45) is 3.02. The molecule has 0 bridgehead atoms. The predicted octanol–water partition coefficient (Wildman–Crippen LogP) is 1.46. The van der Waals surface area contributed by atoms with Crippen molar-refractivity contribution >= 4 is 12.6 Å². The van der Waals surface area contributed by atoms with E-state index in [1.807, 2.05) is 12.3 Å². The Balaban J connectivity index is 1.83. The second-order valence-electron chi connectivity index (χ2n) is 6.79. The second kappa shape index (κ2) is 4.83. The first kappa shape index (κ1) is 14.0.